The second kappa shape index (κ2) is 10.7. The second-order valence-electron chi connectivity index (χ2n) is 10.2. The smallest absolute Gasteiger partial charge is 0.326 e. The Morgan fingerprint density at radius 1 is 1.10 bits per heavy atom. The Labute approximate surface area is 227 Å². The van der Waals surface area contributed by atoms with E-state index in [0.29, 0.717) is 30.2 Å². The number of nitrogens with one attached hydrogen (secondary N) is 1. The first-order valence-electron chi connectivity index (χ1n) is 13.1. The van der Waals surface area contributed by atoms with Gasteiger partial charge in [0, 0.05) is 35.8 Å². The first-order chi connectivity index (χ1) is 18.8. The molecule has 0 spiro atoms. The summed E-state index contributed by atoms with van der Waals surface area (Å²) in [5, 5.41) is 15.2. The number of carboxylic acid groups (broad SMARTS) is 1. The number of aromatic nitrogens is 2. The van der Waals surface area contributed by atoms with E-state index >= 15 is 0 Å². The number of carbonyl (C=O) groups is 2. The molecule has 5 rings (SSSR count). The minimum absolute atomic E-state index is 0.0000223. The van der Waals surface area contributed by atoms with Gasteiger partial charge >= 0.3 is 5.97 Å². The third-order valence-electron chi connectivity index (χ3n) is 7.48. The van der Waals surface area contributed by atoms with Crippen molar-refractivity contribution in [1.29, 1.82) is 0 Å². The van der Waals surface area contributed by atoms with Gasteiger partial charge in [0.15, 0.2) is 5.78 Å². The summed E-state index contributed by atoms with van der Waals surface area (Å²) in [5.74, 6) is -0.217. The Morgan fingerprint density at radius 2 is 1.85 bits per heavy atom. The Morgan fingerprint density at radius 3 is 2.51 bits per heavy atom. The molecule has 3 atom stereocenters. The molecule has 39 heavy (non-hydrogen) atoms. The number of rotatable bonds is 10. The van der Waals surface area contributed by atoms with Crippen molar-refractivity contribution >= 4 is 22.5 Å². The maximum absolute atomic E-state index is 12.6. The molecule has 0 bridgehead atoms. The fourth-order valence-corrected chi connectivity index (χ4v) is 5.22. The molecule has 2 aromatic carbocycles. The van der Waals surface area contributed by atoms with Gasteiger partial charge in [-0.25, -0.2) is 9.78 Å². The van der Waals surface area contributed by atoms with E-state index in [9.17, 15) is 14.7 Å². The Hall–Kier alpha value is -4.52. The van der Waals surface area contributed by atoms with Crippen LogP contribution in [0.25, 0.3) is 10.8 Å². The lowest BCUT2D eigenvalue weighted by atomic mass is 9.68. The highest BCUT2D eigenvalue weighted by molar-refractivity contribution is 6.05. The molecule has 1 aliphatic rings. The molecular weight excluding hydrogens is 490 g/mol. The lowest BCUT2D eigenvalue weighted by Crippen LogP contribution is -2.51. The van der Waals surface area contributed by atoms with E-state index in [-0.39, 0.29) is 11.7 Å². The van der Waals surface area contributed by atoms with Crippen LogP contribution in [0.2, 0.25) is 0 Å². The lowest BCUT2D eigenvalue weighted by molar-refractivity contribution is -0.140. The Bertz CT molecular complexity index is 1550. The zero-order chi connectivity index (χ0) is 27.6. The average molecular weight is 522 g/mol. The van der Waals surface area contributed by atoms with Crippen LogP contribution in [0, 0.1) is 12.3 Å². The van der Waals surface area contributed by atoms with Crippen LogP contribution in [-0.4, -0.2) is 32.9 Å². The average Bonchev–Trinajstić information content (AvgIpc) is 2.93. The van der Waals surface area contributed by atoms with Crippen molar-refractivity contribution in [3.8, 4) is 11.6 Å². The summed E-state index contributed by atoms with van der Waals surface area (Å²) >= 11 is 0. The quantitative estimate of drug-likeness (QED) is 0.265. The van der Waals surface area contributed by atoms with Gasteiger partial charge in [0.25, 0.3) is 0 Å². The molecular formula is C32H31N3O4. The summed E-state index contributed by atoms with van der Waals surface area (Å²) in [6.07, 6.45) is 6.09. The normalized spacial score (nSPS) is 18.1. The van der Waals surface area contributed by atoms with E-state index in [1.807, 2.05) is 87.5 Å². The van der Waals surface area contributed by atoms with E-state index in [0.717, 1.165) is 27.6 Å². The van der Waals surface area contributed by atoms with Crippen LogP contribution in [0.15, 0.2) is 90.9 Å². The fraction of sp³-hybridized carbons (Fsp3) is 0.250. The topological polar surface area (TPSA) is 101 Å². The maximum atomic E-state index is 12.6. The van der Waals surface area contributed by atoms with Crippen molar-refractivity contribution in [3.05, 3.63) is 108 Å². The number of benzene rings is 2. The van der Waals surface area contributed by atoms with Gasteiger partial charge in [-0.2, -0.15) is 0 Å². The predicted octanol–water partition coefficient (Wildman–Crippen LogP) is 5.98. The third kappa shape index (κ3) is 5.25. The molecule has 2 N–H and O–H groups in total. The molecule has 1 aliphatic carbocycles. The third-order valence-corrected chi connectivity index (χ3v) is 7.48. The van der Waals surface area contributed by atoms with E-state index in [1.165, 1.54) is 6.08 Å². The number of ether oxygens (including phenoxy) is 1. The Balaban J connectivity index is 1.35. The van der Waals surface area contributed by atoms with Gasteiger partial charge in [-0.15, -0.1) is 0 Å². The maximum Gasteiger partial charge on any atom is 0.326 e. The first kappa shape index (κ1) is 26.1. The van der Waals surface area contributed by atoms with Gasteiger partial charge in [0.05, 0.1) is 10.8 Å². The van der Waals surface area contributed by atoms with Crippen LogP contribution in [0.3, 0.4) is 0 Å². The molecule has 7 nitrogen and oxygen atoms in total. The highest BCUT2D eigenvalue weighted by Crippen LogP contribution is 2.40. The van der Waals surface area contributed by atoms with Gasteiger partial charge < -0.3 is 15.2 Å². The van der Waals surface area contributed by atoms with Crippen molar-refractivity contribution in [2.24, 2.45) is 5.41 Å². The molecule has 2 heterocycles. The number of fused-ring (bicyclic) bond motifs is 1. The summed E-state index contributed by atoms with van der Waals surface area (Å²) in [6.45, 7) is 5.75. The van der Waals surface area contributed by atoms with Crippen LogP contribution in [0.5, 0.6) is 11.6 Å². The SMILES string of the molecule is CCC(c1ccc(Oc2nc(C)cc3ccncc23)cc1)[C@H](NC1=CC(=O)[C@@]1(C)Cc1ccccc1)C(=O)O. The number of hydrogen-bond donors (Lipinski definition) is 2. The van der Waals surface area contributed by atoms with Crippen LogP contribution in [-0.2, 0) is 16.0 Å². The van der Waals surface area contributed by atoms with Crippen LogP contribution in [0.1, 0.15) is 43.0 Å². The largest absolute Gasteiger partial charge is 0.480 e. The number of aryl methyl sites for hydroxylation is 1. The number of carbonyl (C=O) groups excluding carboxylic acids is 1. The molecule has 0 radical (unpaired) electrons. The zero-order valence-electron chi connectivity index (χ0n) is 22.2. The van der Waals surface area contributed by atoms with Crippen molar-refractivity contribution < 1.29 is 19.4 Å². The lowest BCUT2D eigenvalue weighted by Gasteiger charge is -2.40. The number of aliphatic carboxylic acids is 1. The van der Waals surface area contributed by atoms with Gasteiger partial charge in [-0.1, -0.05) is 49.4 Å². The number of nitrogens with zero attached hydrogens (tertiary/aromatic N) is 2. The molecule has 4 aromatic rings. The standard InChI is InChI=1S/C32H31N3O4/c1-4-25(29(31(37)38)35-27-17-28(36)32(27,3)18-21-8-6-5-7-9-21)22-10-12-24(13-11-22)39-30-26-19-33-15-14-23(26)16-20(2)34-30/h5-17,19,25,29,35H,4,18H2,1-3H3,(H,37,38)/t25?,29-,32-/m0/s1. The second-order valence-corrected chi connectivity index (χ2v) is 10.2. The van der Waals surface area contributed by atoms with E-state index in [1.54, 1.807) is 12.4 Å². The molecule has 0 fully saturated rings. The van der Waals surface area contributed by atoms with Crippen LogP contribution in [0.4, 0.5) is 0 Å². The highest BCUT2D eigenvalue weighted by atomic mass is 16.5. The number of carboxylic acids is 1. The minimum atomic E-state index is -0.965. The van der Waals surface area contributed by atoms with E-state index in [4.69, 9.17) is 4.74 Å². The molecule has 7 heteroatoms. The van der Waals surface area contributed by atoms with Gasteiger partial charge in [0.1, 0.15) is 11.8 Å². The highest BCUT2D eigenvalue weighted by Gasteiger charge is 2.46. The van der Waals surface area contributed by atoms with Crippen LogP contribution >= 0.6 is 0 Å². The predicted molar refractivity (Wildman–Crippen MR) is 150 cm³/mol. The van der Waals surface area contributed by atoms with E-state index < -0.39 is 17.4 Å². The number of pyridine rings is 2. The van der Waals surface area contributed by atoms with Crippen LogP contribution < -0.4 is 10.1 Å². The van der Waals surface area contributed by atoms with Gasteiger partial charge in [0.2, 0.25) is 5.88 Å². The minimum Gasteiger partial charge on any atom is -0.480 e. The van der Waals surface area contributed by atoms with Gasteiger partial charge in [-0.3, -0.25) is 9.78 Å². The molecule has 198 valence electrons. The van der Waals surface area contributed by atoms with Crippen molar-refractivity contribution in [3.63, 3.8) is 0 Å². The molecule has 0 aliphatic heterocycles. The first-order valence-corrected chi connectivity index (χ1v) is 13.1. The van der Waals surface area contributed by atoms with Crippen molar-refractivity contribution in [2.45, 2.75) is 45.6 Å². The summed E-state index contributed by atoms with van der Waals surface area (Å²) in [5.41, 5.74) is 2.62. The summed E-state index contributed by atoms with van der Waals surface area (Å²) in [7, 11) is 0. The zero-order valence-corrected chi connectivity index (χ0v) is 22.2. The molecule has 0 amide bonds. The fourth-order valence-electron chi connectivity index (χ4n) is 5.22. The summed E-state index contributed by atoms with van der Waals surface area (Å²) in [4.78, 5) is 33.8. The van der Waals surface area contributed by atoms with E-state index in [2.05, 4.69) is 15.3 Å². The Kier molecular flexibility index (Phi) is 7.15. The number of allylic oxidation sites excluding steroid dienone is 2. The summed E-state index contributed by atoms with van der Waals surface area (Å²) in [6, 6.07) is 20.2. The van der Waals surface area contributed by atoms with Gasteiger partial charge in [-0.05, 0) is 67.5 Å². The number of hydrogen-bond acceptors (Lipinski definition) is 6. The number of ketones is 1. The monoisotopic (exact) mass is 521 g/mol. The molecule has 0 saturated carbocycles. The molecule has 0 saturated heterocycles. The molecule has 2 aromatic heterocycles. The van der Waals surface area contributed by atoms with Crippen molar-refractivity contribution in [1.82, 2.24) is 15.3 Å². The summed E-state index contributed by atoms with van der Waals surface area (Å²) < 4.78 is 6.11. The van der Waals surface area contributed by atoms with Crippen molar-refractivity contribution in [2.75, 3.05) is 0 Å². The molecule has 1 unspecified atom stereocenters.